The lowest BCUT2D eigenvalue weighted by Gasteiger charge is -2.26. The highest BCUT2D eigenvalue weighted by Crippen LogP contribution is 2.15. The number of carboxylic acid groups (broad SMARTS) is 1. The summed E-state index contributed by atoms with van der Waals surface area (Å²) in [6, 6.07) is 7.86. The molecule has 0 radical (unpaired) electrons. The summed E-state index contributed by atoms with van der Waals surface area (Å²) in [6.07, 6.45) is 2.71. The summed E-state index contributed by atoms with van der Waals surface area (Å²) < 4.78 is 0. The largest absolute Gasteiger partial charge is 0.508 e. The van der Waals surface area contributed by atoms with Crippen LogP contribution in [0.15, 0.2) is 48.5 Å². The Balaban J connectivity index is 2.34. The molecule has 2 rings (SSSR count). The van der Waals surface area contributed by atoms with E-state index in [0.29, 0.717) is 23.3 Å². The van der Waals surface area contributed by atoms with Gasteiger partial charge in [-0.1, -0.05) is 44.5 Å². The molecule has 12 heteroatoms. The minimum Gasteiger partial charge on any atom is -0.508 e. The molecule has 41 heavy (non-hydrogen) atoms. The van der Waals surface area contributed by atoms with Crippen LogP contribution in [0.1, 0.15) is 37.8 Å². The first-order chi connectivity index (χ1) is 19.4. The summed E-state index contributed by atoms with van der Waals surface area (Å²) >= 11 is 1.44. The van der Waals surface area contributed by atoms with Gasteiger partial charge in [0.2, 0.25) is 17.7 Å². The fourth-order valence-electron chi connectivity index (χ4n) is 3.97. The molecule has 8 N–H and O–H groups in total. The molecule has 0 heterocycles. The molecule has 11 nitrogen and oxygen atoms in total. The Morgan fingerprint density at radius 2 is 1.20 bits per heavy atom. The van der Waals surface area contributed by atoms with Crippen LogP contribution in [-0.4, -0.2) is 75.2 Å². The van der Waals surface area contributed by atoms with Gasteiger partial charge in [-0.2, -0.15) is 11.8 Å². The molecule has 0 fully saturated rings. The number of rotatable bonds is 16. The van der Waals surface area contributed by atoms with Crippen molar-refractivity contribution < 1.29 is 34.5 Å². The lowest BCUT2D eigenvalue weighted by Crippen LogP contribution is -2.58. The predicted molar refractivity (Wildman–Crippen MR) is 157 cm³/mol. The van der Waals surface area contributed by atoms with Crippen LogP contribution in [0.4, 0.5) is 0 Å². The second-order valence-corrected chi connectivity index (χ2v) is 10.9. The van der Waals surface area contributed by atoms with Crippen LogP contribution in [0.25, 0.3) is 0 Å². The molecule has 0 aromatic heterocycles. The summed E-state index contributed by atoms with van der Waals surface area (Å²) in [6.45, 7) is 3.72. The van der Waals surface area contributed by atoms with E-state index in [0.717, 1.165) is 0 Å². The van der Waals surface area contributed by atoms with Crippen LogP contribution in [0.2, 0.25) is 0 Å². The zero-order chi connectivity index (χ0) is 30.5. The Labute approximate surface area is 244 Å². The number of nitrogens with two attached hydrogens (primary N) is 1. The van der Waals surface area contributed by atoms with Crippen LogP contribution in [-0.2, 0) is 32.0 Å². The van der Waals surface area contributed by atoms with Gasteiger partial charge >= 0.3 is 5.97 Å². The molecule has 0 aliphatic carbocycles. The maximum Gasteiger partial charge on any atom is 0.326 e. The summed E-state index contributed by atoms with van der Waals surface area (Å²) in [5.41, 5.74) is 7.35. The quantitative estimate of drug-likeness (QED) is 0.152. The van der Waals surface area contributed by atoms with E-state index in [1.165, 1.54) is 36.0 Å². The summed E-state index contributed by atoms with van der Waals surface area (Å²) in [5.74, 6) is -2.67. The first-order valence-corrected chi connectivity index (χ1v) is 14.8. The standard InChI is InChI=1S/C29H40N4O7S/c1-4-17(2)25(30)28(38)33-24(16-19-7-11-21(35)12-8-19)27(37)32-23(15-18-5-9-20(34)10-6-18)26(36)31-22(29(39)40)13-14-41-3/h5-12,17,22-25,34-35H,4,13-16,30H2,1-3H3,(H,31,36)(H,32,37)(H,33,38)(H,39,40). The highest BCUT2D eigenvalue weighted by molar-refractivity contribution is 7.98. The fraction of sp³-hybridized carbons (Fsp3) is 0.448. The number of amides is 3. The number of hydrogen-bond acceptors (Lipinski definition) is 8. The molecule has 0 aliphatic heterocycles. The van der Waals surface area contributed by atoms with Gasteiger partial charge in [0.15, 0.2) is 0 Å². The van der Waals surface area contributed by atoms with E-state index in [1.807, 2.05) is 20.1 Å². The van der Waals surface area contributed by atoms with Gasteiger partial charge in [0.25, 0.3) is 0 Å². The second kappa shape index (κ2) is 16.5. The Morgan fingerprint density at radius 1 is 0.780 bits per heavy atom. The van der Waals surface area contributed by atoms with Gasteiger partial charge in [-0.15, -0.1) is 0 Å². The van der Waals surface area contributed by atoms with Crippen molar-refractivity contribution in [2.45, 2.75) is 63.7 Å². The van der Waals surface area contributed by atoms with Crippen molar-refractivity contribution in [3.63, 3.8) is 0 Å². The third-order valence-electron chi connectivity index (χ3n) is 6.80. The SMILES string of the molecule is CCC(C)C(N)C(=O)NC(Cc1ccc(O)cc1)C(=O)NC(Cc1ccc(O)cc1)C(=O)NC(CCSC)C(=O)O. The average Bonchev–Trinajstić information content (AvgIpc) is 2.95. The van der Waals surface area contributed by atoms with Gasteiger partial charge in [0.05, 0.1) is 6.04 Å². The normalized spacial score (nSPS) is 14.6. The number of aliphatic carboxylic acids is 1. The minimum atomic E-state index is -1.20. The fourth-order valence-corrected chi connectivity index (χ4v) is 4.44. The first kappa shape index (κ1) is 33.4. The van der Waals surface area contributed by atoms with Crippen LogP contribution in [0, 0.1) is 5.92 Å². The Morgan fingerprint density at radius 3 is 1.59 bits per heavy atom. The monoisotopic (exact) mass is 588 g/mol. The molecular formula is C29H40N4O7S. The van der Waals surface area contributed by atoms with Crippen molar-refractivity contribution in [3.05, 3.63) is 59.7 Å². The molecule has 5 atom stereocenters. The molecule has 5 unspecified atom stereocenters. The molecule has 0 spiro atoms. The third-order valence-corrected chi connectivity index (χ3v) is 7.45. The third kappa shape index (κ3) is 11.0. The summed E-state index contributed by atoms with van der Waals surface area (Å²) in [5, 5.41) is 36.8. The first-order valence-electron chi connectivity index (χ1n) is 13.4. The van der Waals surface area contributed by atoms with Gasteiger partial charge in [-0.25, -0.2) is 4.79 Å². The van der Waals surface area contributed by atoms with E-state index in [9.17, 15) is 34.5 Å². The topological polar surface area (TPSA) is 191 Å². The number of carbonyl (C=O) groups is 4. The Kier molecular flexibility index (Phi) is 13.4. The van der Waals surface area contributed by atoms with E-state index >= 15 is 0 Å². The maximum absolute atomic E-state index is 13.6. The van der Waals surface area contributed by atoms with Crippen LogP contribution < -0.4 is 21.7 Å². The minimum absolute atomic E-state index is 0.00101. The molecule has 3 amide bonds. The van der Waals surface area contributed by atoms with Gasteiger partial charge in [-0.3, -0.25) is 14.4 Å². The molecule has 2 aromatic rings. The van der Waals surface area contributed by atoms with E-state index < -0.39 is 47.9 Å². The van der Waals surface area contributed by atoms with Crippen molar-refractivity contribution in [2.75, 3.05) is 12.0 Å². The molecule has 0 aliphatic rings. The summed E-state index contributed by atoms with van der Waals surface area (Å²) in [4.78, 5) is 51.6. The van der Waals surface area contributed by atoms with Gasteiger partial charge < -0.3 is 37.0 Å². The highest BCUT2D eigenvalue weighted by Gasteiger charge is 2.31. The molecule has 0 bridgehead atoms. The van der Waals surface area contributed by atoms with E-state index in [-0.39, 0.29) is 36.7 Å². The van der Waals surface area contributed by atoms with Crippen molar-refractivity contribution in [1.82, 2.24) is 16.0 Å². The van der Waals surface area contributed by atoms with Crippen molar-refractivity contribution >= 4 is 35.5 Å². The molecular weight excluding hydrogens is 548 g/mol. The zero-order valence-electron chi connectivity index (χ0n) is 23.5. The second-order valence-electron chi connectivity index (χ2n) is 9.96. The van der Waals surface area contributed by atoms with E-state index in [4.69, 9.17) is 5.73 Å². The van der Waals surface area contributed by atoms with E-state index in [2.05, 4.69) is 16.0 Å². The number of carboxylic acids is 1. The number of thioether (sulfide) groups is 1. The average molecular weight is 589 g/mol. The van der Waals surface area contributed by atoms with Gasteiger partial charge in [0, 0.05) is 12.8 Å². The Hall–Kier alpha value is -3.77. The zero-order valence-corrected chi connectivity index (χ0v) is 24.3. The van der Waals surface area contributed by atoms with Gasteiger partial charge in [0.1, 0.15) is 29.6 Å². The number of hydrogen-bond donors (Lipinski definition) is 7. The number of aromatic hydroxyl groups is 2. The molecule has 0 saturated heterocycles. The highest BCUT2D eigenvalue weighted by atomic mass is 32.2. The number of benzene rings is 2. The number of phenols is 2. The van der Waals surface area contributed by atoms with Crippen LogP contribution in [0.3, 0.4) is 0 Å². The lowest BCUT2D eigenvalue weighted by atomic mass is 9.98. The molecule has 0 saturated carbocycles. The number of nitrogens with one attached hydrogen (secondary N) is 3. The number of phenolic OH excluding ortho intramolecular Hbond substituents is 2. The van der Waals surface area contributed by atoms with Gasteiger partial charge in [-0.05, 0) is 59.7 Å². The van der Waals surface area contributed by atoms with Crippen LogP contribution in [0.5, 0.6) is 11.5 Å². The van der Waals surface area contributed by atoms with E-state index in [1.54, 1.807) is 24.3 Å². The predicted octanol–water partition coefficient (Wildman–Crippen LogP) is 1.55. The summed E-state index contributed by atoms with van der Waals surface area (Å²) in [7, 11) is 0. The van der Waals surface area contributed by atoms with Crippen LogP contribution >= 0.6 is 11.8 Å². The maximum atomic E-state index is 13.6. The van der Waals surface area contributed by atoms with Crippen molar-refractivity contribution in [3.8, 4) is 11.5 Å². The molecule has 224 valence electrons. The van der Waals surface area contributed by atoms with Crippen molar-refractivity contribution in [2.24, 2.45) is 11.7 Å². The Bertz CT molecular complexity index is 1160. The van der Waals surface area contributed by atoms with Crippen molar-refractivity contribution in [1.29, 1.82) is 0 Å². The smallest absolute Gasteiger partial charge is 0.326 e. The lowest BCUT2D eigenvalue weighted by molar-refractivity contribution is -0.142. The molecule has 2 aromatic carbocycles. The number of carbonyl (C=O) groups excluding carboxylic acids is 3.